The van der Waals surface area contributed by atoms with Crippen molar-refractivity contribution in [2.45, 2.75) is 50.3 Å². The molecule has 1 fully saturated rings. The molecule has 3 N–H and O–H groups in total. The van der Waals surface area contributed by atoms with Gasteiger partial charge >= 0.3 is 0 Å². The highest BCUT2D eigenvalue weighted by Crippen LogP contribution is 2.39. The van der Waals surface area contributed by atoms with E-state index in [4.69, 9.17) is 4.74 Å². The smallest absolute Gasteiger partial charge is 0.278 e. The highest BCUT2D eigenvalue weighted by atomic mass is 32.2. The van der Waals surface area contributed by atoms with Crippen molar-refractivity contribution in [3.05, 3.63) is 41.6 Å². The maximum Gasteiger partial charge on any atom is 0.278 e. The molecule has 0 amide bonds. The number of H-pyrrole nitrogens is 1. The number of rotatable bonds is 7. The first-order chi connectivity index (χ1) is 16.7. The lowest BCUT2D eigenvalue weighted by Crippen LogP contribution is -2.35. The summed E-state index contributed by atoms with van der Waals surface area (Å²) in [5.41, 5.74) is 4.25. The summed E-state index contributed by atoms with van der Waals surface area (Å²) in [7, 11) is -2.28. The molecule has 1 saturated heterocycles. The average Bonchev–Trinajstić information content (AvgIpc) is 3.59. The van der Waals surface area contributed by atoms with Crippen LogP contribution in [0.25, 0.3) is 11.1 Å². The van der Waals surface area contributed by atoms with E-state index in [2.05, 4.69) is 37.6 Å². The molecule has 5 rings (SSSR count). The van der Waals surface area contributed by atoms with Crippen LogP contribution in [0.15, 0.2) is 35.6 Å². The summed E-state index contributed by atoms with van der Waals surface area (Å²) in [4.78, 5) is 7.06. The van der Waals surface area contributed by atoms with Crippen molar-refractivity contribution in [3.8, 4) is 17.0 Å². The molecule has 1 aliphatic heterocycles. The molecule has 3 aromatic rings. The number of fused-ring (bicyclic) bond motifs is 1. The van der Waals surface area contributed by atoms with Crippen LogP contribution in [0.3, 0.4) is 0 Å². The summed E-state index contributed by atoms with van der Waals surface area (Å²) < 4.78 is 33.0. The van der Waals surface area contributed by atoms with E-state index in [-0.39, 0.29) is 23.6 Å². The van der Waals surface area contributed by atoms with Crippen molar-refractivity contribution in [2.24, 2.45) is 5.92 Å². The second kappa shape index (κ2) is 8.89. The Morgan fingerprint density at radius 2 is 2.06 bits per heavy atom. The molecule has 2 aliphatic rings. The first kappa shape index (κ1) is 23.7. The fraction of sp³-hybridized carbons (Fsp3) is 0.458. The number of anilines is 2. The van der Waals surface area contributed by atoms with Gasteiger partial charge in [-0.1, -0.05) is 12.1 Å². The number of hydrogen-bond acceptors (Lipinski definition) is 8. The van der Waals surface area contributed by atoms with Crippen LogP contribution in [0.4, 0.5) is 11.6 Å². The monoisotopic (exact) mass is 498 g/mol. The van der Waals surface area contributed by atoms with Crippen LogP contribution >= 0.6 is 0 Å². The molecule has 1 atom stereocenters. The van der Waals surface area contributed by atoms with Gasteiger partial charge in [0, 0.05) is 36.8 Å². The second-order valence-electron chi connectivity index (χ2n) is 9.67. The molecule has 11 heteroatoms. The van der Waals surface area contributed by atoms with E-state index in [0.717, 1.165) is 36.1 Å². The molecule has 186 valence electrons. The third kappa shape index (κ3) is 4.51. The van der Waals surface area contributed by atoms with E-state index in [1.165, 1.54) is 15.4 Å². The van der Waals surface area contributed by atoms with Gasteiger partial charge in [0.1, 0.15) is 0 Å². The lowest BCUT2D eigenvalue weighted by Gasteiger charge is -2.25. The van der Waals surface area contributed by atoms with Crippen molar-refractivity contribution in [2.75, 3.05) is 25.5 Å². The van der Waals surface area contributed by atoms with Gasteiger partial charge in [-0.05, 0) is 62.3 Å². The minimum Gasteiger partial charge on any atom is -0.481 e. The van der Waals surface area contributed by atoms with Crippen LogP contribution in [0.2, 0.25) is 0 Å². The van der Waals surface area contributed by atoms with Crippen LogP contribution in [0.1, 0.15) is 37.8 Å². The first-order valence-corrected chi connectivity index (χ1v) is 13.2. The number of nitrogens with zero attached hydrogens (tertiary/aromatic N) is 4. The molecule has 1 unspecified atom stereocenters. The predicted molar refractivity (Wildman–Crippen MR) is 131 cm³/mol. The Morgan fingerprint density at radius 3 is 2.80 bits per heavy atom. The standard InChI is InChI=1S/C24H30N6O4S/c1-24(2,31)17-10-12-30(14-17)35(32,33)23-27-22(28-29-23)26-21-18-6-4-5-15(18)7-8-19(21)16-9-11-25-20(13-16)34-3/h7-9,11,13,17,31H,4-6,10,12,14H2,1-3H3,(H2,26,27,28,29). The van der Waals surface area contributed by atoms with Crippen molar-refractivity contribution < 1.29 is 18.3 Å². The van der Waals surface area contributed by atoms with Crippen molar-refractivity contribution in [3.63, 3.8) is 0 Å². The number of hydrogen-bond donors (Lipinski definition) is 3. The molecule has 0 radical (unpaired) electrons. The summed E-state index contributed by atoms with van der Waals surface area (Å²) in [5, 5.41) is 21.4. The van der Waals surface area contributed by atoms with Crippen molar-refractivity contribution in [1.82, 2.24) is 24.5 Å². The fourth-order valence-corrected chi connectivity index (χ4v) is 6.26. The molecule has 0 saturated carbocycles. The van der Waals surface area contributed by atoms with E-state index < -0.39 is 15.6 Å². The first-order valence-electron chi connectivity index (χ1n) is 11.7. The number of aliphatic hydroxyl groups is 1. The highest BCUT2D eigenvalue weighted by molar-refractivity contribution is 7.89. The number of methoxy groups -OCH3 is 1. The maximum absolute atomic E-state index is 13.2. The van der Waals surface area contributed by atoms with Crippen LogP contribution in [0, 0.1) is 5.92 Å². The highest BCUT2D eigenvalue weighted by Gasteiger charge is 2.40. The summed E-state index contributed by atoms with van der Waals surface area (Å²) in [5.74, 6) is 0.631. The lowest BCUT2D eigenvalue weighted by atomic mass is 9.91. The van der Waals surface area contributed by atoms with Gasteiger partial charge in [-0.2, -0.15) is 4.31 Å². The number of aryl methyl sites for hydroxylation is 1. The fourth-order valence-electron chi connectivity index (χ4n) is 4.92. The van der Waals surface area contributed by atoms with Gasteiger partial charge in [0.25, 0.3) is 15.2 Å². The number of pyridine rings is 1. The minimum absolute atomic E-state index is 0.135. The maximum atomic E-state index is 13.2. The Hall–Kier alpha value is -3.02. The topological polar surface area (TPSA) is 133 Å². The normalized spacial score (nSPS) is 18.6. The predicted octanol–water partition coefficient (Wildman–Crippen LogP) is 2.89. The third-order valence-corrected chi connectivity index (χ3v) is 8.67. The minimum atomic E-state index is -3.86. The second-order valence-corrected chi connectivity index (χ2v) is 11.5. The Morgan fingerprint density at radius 1 is 1.23 bits per heavy atom. The van der Waals surface area contributed by atoms with Gasteiger partial charge in [-0.3, -0.25) is 4.98 Å². The number of aromatic amines is 1. The van der Waals surface area contributed by atoms with E-state index in [0.29, 0.717) is 18.8 Å². The van der Waals surface area contributed by atoms with Crippen LogP contribution in [-0.4, -0.2) is 63.8 Å². The number of sulfonamides is 1. The van der Waals surface area contributed by atoms with Gasteiger partial charge in [-0.25, -0.2) is 13.4 Å². The summed E-state index contributed by atoms with van der Waals surface area (Å²) in [6.45, 7) is 3.99. The third-order valence-electron chi connectivity index (χ3n) is 6.98. The molecule has 1 aromatic carbocycles. The Kier molecular flexibility index (Phi) is 6.02. The molecular formula is C24H30N6O4S. The molecule has 0 bridgehead atoms. The molecule has 1 aliphatic carbocycles. The Balaban J connectivity index is 1.45. The Labute approximate surface area is 204 Å². The average molecular weight is 499 g/mol. The van der Waals surface area contributed by atoms with Gasteiger partial charge in [0.2, 0.25) is 11.8 Å². The zero-order chi connectivity index (χ0) is 24.8. The lowest BCUT2D eigenvalue weighted by molar-refractivity contribution is 0.0236. The van der Waals surface area contributed by atoms with Gasteiger partial charge in [0.15, 0.2) is 0 Å². The van der Waals surface area contributed by atoms with Gasteiger partial charge < -0.3 is 15.2 Å². The molecular weight excluding hydrogens is 468 g/mol. The van der Waals surface area contributed by atoms with Crippen LogP contribution in [0.5, 0.6) is 5.88 Å². The van der Waals surface area contributed by atoms with Gasteiger partial charge in [0.05, 0.1) is 18.4 Å². The zero-order valence-electron chi connectivity index (χ0n) is 20.1. The number of ether oxygens (including phenoxy) is 1. The van der Waals surface area contributed by atoms with Crippen LogP contribution in [-0.2, 0) is 22.9 Å². The molecule has 0 spiro atoms. The van der Waals surface area contributed by atoms with E-state index in [1.807, 2.05) is 12.1 Å². The number of aromatic nitrogens is 4. The van der Waals surface area contributed by atoms with Crippen molar-refractivity contribution in [1.29, 1.82) is 0 Å². The van der Waals surface area contributed by atoms with E-state index in [9.17, 15) is 13.5 Å². The summed E-state index contributed by atoms with van der Waals surface area (Å²) in [6, 6.07) is 7.96. The van der Waals surface area contributed by atoms with E-state index >= 15 is 0 Å². The SMILES string of the molecule is COc1cc(-c2ccc3c(c2Nc2nnc(S(=O)(=O)N4CCC(C(C)(C)O)C4)[nH]2)CCC3)ccn1. The van der Waals surface area contributed by atoms with E-state index in [1.54, 1.807) is 27.2 Å². The zero-order valence-corrected chi connectivity index (χ0v) is 20.9. The number of benzene rings is 1. The quantitative estimate of drug-likeness (QED) is 0.453. The molecule has 2 aromatic heterocycles. The molecule has 35 heavy (non-hydrogen) atoms. The van der Waals surface area contributed by atoms with Crippen molar-refractivity contribution >= 4 is 21.7 Å². The summed E-state index contributed by atoms with van der Waals surface area (Å²) in [6.07, 6.45) is 5.26. The van der Waals surface area contributed by atoms with Gasteiger partial charge in [-0.15, -0.1) is 10.2 Å². The summed E-state index contributed by atoms with van der Waals surface area (Å²) >= 11 is 0. The molecule has 10 nitrogen and oxygen atoms in total. The Bertz CT molecular complexity index is 1350. The number of nitrogens with one attached hydrogen (secondary N) is 2. The largest absolute Gasteiger partial charge is 0.481 e. The van der Waals surface area contributed by atoms with Crippen LogP contribution < -0.4 is 10.1 Å². The molecule has 3 heterocycles.